The van der Waals surface area contributed by atoms with Gasteiger partial charge < -0.3 is 9.80 Å². The Morgan fingerprint density at radius 3 is 2.71 bits per heavy atom. The third kappa shape index (κ3) is 2.72. The Balaban J connectivity index is 1.77. The van der Waals surface area contributed by atoms with Crippen LogP contribution in [-0.2, 0) is 13.0 Å². The number of hydrogen-bond acceptors (Lipinski definition) is 4. The molecule has 2 aromatic rings. The standard InChI is InChI=1S/C16H18N4O/c1-19(2)14-5-3-12(4-6-14)16(21)20-8-7-15-13(10-20)9-17-11-18-15/h3-6,9,11H,7-8,10H2,1-2H3. The van der Waals surface area contributed by atoms with Gasteiger partial charge in [-0.1, -0.05) is 0 Å². The summed E-state index contributed by atoms with van der Waals surface area (Å²) < 4.78 is 0. The lowest BCUT2D eigenvalue weighted by atomic mass is 10.1. The van der Waals surface area contributed by atoms with Gasteiger partial charge in [0.15, 0.2) is 0 Å². The molecule has 0 N–H and O–H groups in total. The molecule has 0 fully saturated rings. The summed E-state index contributed by atoms with van der Waals surface area (Å²) in [5, 5.41) is 0. The first-order chi connectivity index (χ1) is 10.1. The molecule has 0 saturated carbocycles. The number of rotatable bonds is 2. The fourth-order valence-electron chi connectivity index (χ4n) is 2.52. The fourth-order valence-corrected chi connectivity index (χ4v) is 2.52. The summed E-state index contributed by atoms with van der Waals surface area (Å²) in [4.78, 5) is 24.7. The van der Waals surface area contributed by atoms with Crippen LogP contribution in [0.3, 0.4) is 0 Å². The number of aromatic nitrogens is 2. The quantitative estimate of drug-likeness (QED) is 0.842. The van der Waals surface area contributed by atoms with Crippen molar-refractivity contribution in [1.82, 2.24) is 14.9 Å². The van der Waals surface area contributed by atoms with Crippen molar-refractivity contribution in [3.05, 3.63) is 53.6 Å². The van der Waals surface area contributed by atoms with Gasteiger partial charge in [0.05, 0.1) is 5.69 Å². The number of carbonyl (C=O) groups is 1. The molecule has 2 heterocycles. The van der Waals surface area contributed by atoms with Gasteiger partial charge in [-0.25, -0.2) is 9.97 Å². The van der Waals surface area contributed by atoms with Crippen molar-refractivity contribution in [1.29, 1.82) is 0 Å². The van der Waals surface area contributed by atoms with Crippen molar-refractivity contribution in [2.24, 2.45) is 0 Å². The molecule has 0 spiro atoms. The molecule has 1 aromatic heterocycles. The number of benzene rings is 1. The molecule has 0 bridgehead atoms. The van der Waals surface area contributed by atoms with Gasteiger partial charge in [-0.3, -0.25) is 4.79 Å². The molecular formula is C16H18N4O. The number of carbonyl (C=O) groups excluding carboxylic acids is 1. The summed E-state index contributed by atoms with van der Waals surface area (Å²) in [6.07, 6.45) is 4.16. The van der Waals surface area contributed by atoms with Gasteiger partial charge in [0.2, 0.25) is 0 Å². The van der Waals surface area contributed by atoms with Crippen LogP contribution >= 0.6 is 0 Å². The van der Waals surface area contributed by atoms with E-state index in [0.717, 1.165) is 28.9 Å². The van der Waals surface area contributed by atoms with Crippen LogP contribution in [0.4, 0.5) is 5.69 Å². The number of hydrogen-bond donors (Lipinski definition) is 0. The minimum absolute atomic E-state index is 0.0646. The first-order valence-electron chi connectivity index (χ1n) is 6.99. The summed E-state index contributed by atoms with van der Waals surface area (Å²) in [7, 11) is 3.97. The lowest BCUT2D eigenvalue weighted by molar-refractivity contribution is 0.0733. The van der Waals surface area contributed by atoms with E-state index in [1.807, 2.05) is 48.2 Å². The zero-order chi connectivity index (χ0) is 14.8. The average molecular weight is 282 g/mol. The van der Waals surface area contributed by atoms with Crippen LogP contribution in [-0.4, -0.2) is 41.4 Å². The highest BCUT2D eigenvalue weighted by Crippen LogP contribution is 2.19. The first-order valence-corrected chi connectivity index (χ1v) is 6.99. The van der Waals surface area contributed by atoms with Gasteiger partial charge in [-0.2, -0.15) is 0 Å². The zero-order valence-corrected chi connectivity index (χ0v) is 12.3. The van der Waals surface area contributed by atoms with Crippen molar-refractivity contribution in [2.45, 2.75) is 13.0 Å². The van der Waals surface area contributed by atoms with Gasteiger partial charge in [-0.05, 0) is 24.3 Å². The number of amides is 1. The van der Waals surface area contributed by atoms with Crippen LogP contribution in [0.5, 0.6) is 0 Å². The minimum Gasteiger partial charge on any atom is -0.378 e. The second kappa shape index (κ2) is 5.52. The molecule has 1 aliphatic heterocycles. The summed E-state index contributed by atoms with van der Waals surface area (Å²) in [5.41, 5.74) is 3.91. The van der Waals surface area contributed by atoms with E-state index in [2.05, 4.69) is 9.97 Å². The molecule has 0 saturated heterocycles. The topological polar surface area (TPSA) is 49.3 Å². The van der Waals surface area contributed by atoms with E-state index in [-0.39, 0.29) is 5.91 Å². The third-order valence-electron chi connectivity index (χ3n) is 3.78. The van der Waals surface area contributed by atoms with Crippen LogP contribution in [0.1, 0.15) is 21.6 Å². The van der Waals surface area contributed by atoms with E-state index >= 15 is 0 Å². The maximum absolute atomic E-state index is 12.6. The third-order valence-corrected chi connectivity index (χ3v) is 3.78. The summed E-state index contributed by atoms with van der Waals surface area (Å²) in [6, 6.07) is 7.70. The molecule has 0 aliphatic carbocycles. The normalized spacial score (nSPS) is 13.7. The Labute approximate surface area is 124 Å². The zero-order valence-electron chi connectivity index (χ0n) is 12.3. The SMILES string of the molecule is CN(C)c1ccc(C(=O)N2CCc3ncncc3C2)cc1. The fraction of sp³-hybridized carbons (Fsp3) is 0.312. The maximum Gasteiger partial charge on any atom is 0.254 e. The highest BCUT2D eigenvalue weighted by atomic mass is 16.2. The van der Waals surface area contributed by atoms with Crippen molar-refractivity contribution >= 4 is 11.6 Å². The van der Waals surface area contributed by atoms with E-state index in [0.29, 0.717) is 13.1 Å². The van der Waals surface area contributed by atoms with E-state index in [9.17, 15) is 4.79 Å². The minimum atomic E-state index is 0.0646. The van der Waals surface area contributed by atoms with Crippen LogP contribution in [0.25, 0.3) is 0 Å². The largest absolute Gasteiger partial charge is 0.378 e. The number of fused-ring (bicyclic) bond motifs is 1. The van der Waals surface area contributed by atoms with Crippen molar-refractivity contribution in [3.8, 4) is 0 Å². The number of nitrogens with zero attached hydrogens (tertiary/aromatic N) is 4. The smallest absolute Gasteiger partial charge is 0.254 e. The van der Waals surface area contributed by atoms with E-state index in [1.165, 1.54) is 0 Å². The predicted octanol–water partition coefficient (Wildman–Crippen LogP) is 1.74. The lowest BCUT2D eigenvalue weighted by Crippen LogP contribution is -2.36. The van der Waals surface area contributed by atoms with Crippen LogP contribution < -0.4 is 4.90 Å². The molecule has 21 heavy (non-hydrogen) atoms. The van der Waals surface area contributed by atoms with Crippen molar-refractivity contribution < 1.29 is 4.79 Å². The molecule has 5 heteroatoms. The number of anilines is 1. The highest BCUT2D eigenvalue weighted by Gasteiger charge is 2.22. The Morgan fingerprint density at radius 2 is 2.00 bits per heavy atom. The predicted molar refractivity (Wildman–Crippen MR) is 81.2 cm³/mol. The average Bonchev–Trinajstić information content (AvgIpc) is 2.54. The van der Waals surface area contributed by atoms with Gasteiger partial charge in [0.1, 0.15) is 6.33 Å². The Bertz CT molecular complexity index is 652. The second-order valence-corrected chi connectivity index (χ2v) is 5.41. The molecule has 1 amide bonds. The van der Waals surface area contributed by atoms with Crippen molar-refractivity contribution in [2.75, 3.05) is 25.5 Å². The summed E-state index contributed by atoms with van der Waals surface area (Å²) >= 11 is 0. The van der Waals surface area contributed by atoms with Gasteiger partial charge in [0.25, 0.3) is 5.91 Å². The summed E-state index contributed by atoms with van der Waals surface area (Å²) in [6.45, 7) is 1.29. The molecule has 1 aliphatic rings. The molecule has 5 nitrogen and oxygen atoms in total. The highest BCUT2D eigenvalue weighted by molar-refractivity contribution is 5.94. The van der Waals surface area contributed by atoms with E-state index in [4.69, 9.17) is 0 Å². The van der Waals surface area contributed by atoms with Gasteiger partial charge >= 0.3 is 0 Å². The molecule has 3 rings (SSSR count). The molecule has 108 valence electrons. The van der Waals surface area contributed by atoms with Gasteiger partial charge in [0, 0.05) is 56.6 Å². The molecular weight excluding hydrogens is 264 g/mol. The Kier molecular flexibility index (Phi) is 3.56. The van der Waals surface area contributed by atoms with Crippen LogP contribution in [0, 0.1) is 0 Å². The first kappa shape index (κ1) is 13.5. The van der Waals surface area contributed by atoms with Crippen LogP contribution in [0.15, 0.2) is 36.8 Å². The summed E-state index contributed by atoms with van der Waals surface area (Å²) in [5.74, 6) is 0.0646. The van der Waals surface area contributed by atoms with E-state index < -0.39 is 0 Å². The lowest BCUT2D eigenvalue weighted by Gasteiger charge is -2.28. The molecule has 0 unspecified atom stereocenters. The van der Waals surface area contributed by atoms with Crippen molar-refractivity contribution in [3.63, 3.8) is 0 Å². The van der Waals surface area contributed by atoms with Crippen LogP contribution in [0.2, 0.25) is 0 Å². The molecule has 0 atom stereocenters. The monoisotopic (exact) mass is 282 g/mol. The Hall–Kier alpha value is -2.43. The second-order valence-electron chi connectivity index (χ2n) is 5.41. The molecule has 0 radical (unpaired) electrons. The Morgan fingerprint density at radius 1 is 1.24 bits per heavy atom. The van der Waals surface area contributed by atoms with Gasteiger partial charge in [-0.15, -0.1) is 0 Å². The van der Waals surface area contributed by atoms with E-state index in [1.54, 1.807) is 12.5 Å². The maximum atomic E-state index is 12.6. The molecule has 1 aromatic carbocycles.